The summed E-state index contributed by atoms with van der Waals surface area (Å²) in [6.45, 7) is 11.1. The molecule has 0 nitrogen and oxygen atoms in total. The molecule has 0 saturated carbocycles. The minimum atomic E-state index is 0.519. The summed E-state index contributed by atoms with van der Waals surface area (Å²) in [5, 5.41) is 0. The molecule has 90 valence electrons. The molecule has 1 heteroatoms. The Bertz CT molecular complexity index is 340. The molecule has 0 saturated heterocycles. The summed E-state index contributed by atoms with van der Waals surface area (Å²) >= 11 is 6.13. The maximum absolute atomic E-state index is 6.13. The zero-order chi connectivity index (χ0) is 12.3. The van der Waals surface area contributed by atoms with Crippen LogP contribution in [0.2, 0.25) is 0 Å². The van der Waals surface area contributed by atoms with Gasteiger partial charge in [0.25, 0.3) is 0 Å². The summed E-state index contributed by atoms with van der Waals surface area (Å²) in [6, 6.07) is 2.28. The molecule has 0 N–H and O–H groups in total. The third-order valence-corrected chi connectivity index (χ3v) is 4.03. The van der Waals surface area contributed by atoms with Gasteiger partial charge >= 0.3 is 0 Å². The number of hydrogen-bond acceptors (Lipinski definition) is 0. The molecule has 0 fully saturated rings. The normalized spacial score (nSPS) is 12.9. The summed E-state index contributed by atoms with van der Waals surface area (Å²) in [7, 11) is 0. The standard InChI is InChI=1S/C15H23Cl/c1-6-7-14(9-16)15-12(4)10(2)8-11(3)13(15)5/h8,14H,6-7,9H2,1-5H3. The summed E-state index contributed by atoms with van der Waals surface area (Å²) in [6.07, 6.45) is 2.39. The Morgan fingerprint density at radius 1 is 1.06 bits per heavy atom. The first-order chi connectivity index (χ1) is 7.52. The second-order valence-corrected chi connectivity index (χ2v) is 5.12. The molecule has 0 aliphatic carbocycles. The van der Waals surface area contributed by atoms with Gasteiger partial charge in [0.2, 0.25) is 0 Å². The van der Waals surface area contributed by atoms with Gasteiger partial charge in [-0.1, -0.05) is 19.4 Å². The molecule has 0 bridgehead atoms. The van der Waals surface area contributed by atoms with Crippen LogP contribution < -0.4 is 0 Å². The van der Waals surface area contributed by atoms with Crippen LogP contribution in [0.5, 0.6) is 0 Å². The van der Waals surface area contributed by atoms with Crippen molar-refractivity contribution in [2.24, 2.45) is 0 Å². The first kappa shape index (κ1) is 13.6. The second-order valence-electron chi connectivity index (χ2n) is 4.81. The van der Waals surface area contributed by atoms with Crippen molar-refractivity contribution in [2.75, 3.05) is 5.88 Å². The first-order valence-electron chi connectivity index (χ1n) is 6.16. The fourth-order valence-electron chi connectivity index (χ4n) is 2.51. The lowest BCUT2D eigenvalue weighted by atomic mass is 9.85. The van der Waals surface area contributed by atoms with E-state index in [1.54, 1.807) is 0 Å². The molecule has 16 heavy (non-hydrogen) atoms. The smallest absolute Gasteiger partial charge is 0.0292 e. The van der Waals surface area contributed by atoms with Crippen LogP contribution in [-0.2, 0) is 0 Å². The Hall–Kier alpha value is -0.490. The van der Waals surface area contributed by atoms with Gasteiger partial charge in [-0.15, -0.1) is 11.6 Å². The average molecular weight is 239 g/mol. The van der Waals surface area contributed by atoms with Crippen molar-refractivity contribution in [3.63, 3.8) is 0 Å². The number of halogens is 1. The van der Waals surface area contributed by atoms with Crippen LogP contribution in [0.3, 0.4) is 0 Å². The maximum atomic E-state index is 6.13. The summed E-state index contributed by atoms with van der Waals surface area (Å²) in [5.41, 5.74) is 7.15. The minimum absolute atomic E-state index is 0.519. The molecule has 1 aromatic carbocycles. The largest absolute Gasteiger partial charge is 0.126 e. The van der Waals surface area contributed by atoms with Crippen molar-refractivity contribution in [2.45, 2.75) is 53.4 Å². The topological polar surface area (TPSA) is 0 Å². The fourth-order valence-corrected chi connectivity index (χ4v) is 2.82. The molecule has 0 aromatic heterocycles. The van der Waals surface area contributed by atoms with Gasteiger partial charge in [0.15, 0.2) is 0 Å². The predicted molar refractivity (Wildman–Crippen MR) is 73.8 cm³/mol. The van der Waals surface area contributed by atoms with Crippen LogP contribution in [0.4, 0.5) is 0 Å². The summed E-state index contributed by atoms with van der Waals surface area (Å²) < 4.78 is 0. The molecule has 1 aromatic rings. The molecule has 1 unspecified atom stereocenters. The van der Waals surface area contributed by atoms with Gasteiger partial charge in [0.1, 0.15) is 0 Å². The minimum Gasteiger partial charge on any atom is -0.126 e. The summed E-state index contributed by atoms with van der Waals surface area (Å²) in [4.78, 5) is 0. The highest BCUT2D eigenvalue weighted by Gasteiger charge is 2.17. The molecule has 1 atom stereocenters. The molecular formula is C15H23Cl. The van der Waals surface area contributed by atoms with Gasteiger partial charge in [0, 0.05) is 5.88 Å². The van der Waals surface area contributed by atoms with Crippen molar-refractivity contribution in [1.82, 2.24) is 0 Å². The molecule has 0 aliphatic heterocycles. The molecule has 0 radical (unpaired) electrons. The number of rotatable bonds is 4. The van der Waals surface area contributed by atoms with E-state index in [0.717, 1.165) is 5.88 Å². The Morgan fingerprint density at radius 3 is 1.94 bits per heavy atom. The van der Waals surface area contributed by atoms with E-state index in [-0.39, 0.29) is 0 Å². The molecule has 0 heterocycles. The maximum Gasteiger partial charge on any atom is 0.0292 e. The third kappa shape index (κ3) is 2.60. The van der Waals surface area contributed by atoms with Crippen molar-refractivity contribution in [1.29, 1.82) is 0 Å². The van der Waals surface area contributed by atoms with E-state index in [1.165, 1.54) is 40.7 Å². The van der Waals surface area contributed by atoms with Gasteiger partial charge in [-0.05, 0) is 67.9 Å². The lowest BCUT2D eigenvalue weighted by molar-refractivity contribution is 0.661. The molecule has 0 aliphatic rings. The second kappa shape index (κ2) is 5.72. The lowest BCUT2D eigenvalue weighted by Gasteiger charge is -2.22. The Morgan fingerprint density at radius 2 is 1.56 bits per heavy atom. The molecule has 0 amide bonds. The zero-order valence-electron chi connectivity index (χ0n) is 11.2. The molecule has 0 spiro atoms. The SMILES string of the molecule is CCCC(CCl)c1c(C)c(C)cc(C)c1C. The van der Waals surface area contributed by atoms with Gasteiger partial charge in [-0.25, -0.2) is 0 Å². The van der Waals surface area contributed by atoms with E-state index in [9.17, 15) is 0 Å². The van der Waals surface area contributed by atoms with Gasteiger partial charge < -0.3 is 0 Å². The van der Waals surface area contributed by atoms with Crippen LogP contribution in [-0.4, -0.2) is 5.88 Å². The predicted octanol–water partition coefficient (Wildman–Crippen LogP) is 5.04. The van der Waals surface area contributed by atoms with Crippen LogP contribution >= 0.6 is 11.6 Å². The molecular weight excluding hydrogens is 216 g/mol. The highest BCUT2D eigenvalue weighted by molar-refractivity contribution is 6.18. The van der Waals surface area contributed by atoms with Gasteiger partial charge in [-0.2, -0.15) is 0 Å². The first-order valence-corrected chi connectivity index (χ1v) is 6.69. The number of benzene rings is 1. The van der Waals surface area contributed by atoms with E-state index < -0.39 is 0 Å². The highest BCUT2D eigenvalue weighted by atomic mass is 35.5. The highest BCUT2D eigenvalue weighted by Crippen LogP contribution is 2.32. The van der Waals surface area contributed by atoms with Crippen LogP contribution in [0.15, 0.2) is 6.07 Å². The van der Waals surface area contributed by atoms with Crippen LogP contribution in [0.25, 0.3) is 0 Å². The van der Waals surface area contributed by atoms with E-state index in [2.05, 4.69) is 40.7 Å². The average Bonchev–Trinajstić information content (AvgIpc) is 2.25. The summed E-state index contributed by atoms with van der Waals surface area (Å²) in [5.74, 6) is 1.25. The van der Waals surface area contributed by atoms with Crippen molar-refractivity contribution >= 4 is 11.6 Å². The van der Waals surface area contributed by atoms with Gasteiger partial charge in [0.05, 0.1) is 0 Å². The monoisotopic (exact) mass is 238 g/mol. The number of aryl methyl sites for hydroxylation is 2. The van der Waals surface area contributed by atoms with E-state index in [1.807, 2.05) is 0 Å². The number of alkyl halides is 1. The fraction of sp³-hybridized carbons (Fsp3) is 0.600. The quantitative estimate of drug-likeness (QED) is 0.645. The van der Waals surface area contributed by atoms with Crippen molar-refractivity contribution in [3.05, 3.63) is 33.9 Å². The lowest BCUT2D eigenvalue weighted by Crippen LogP contribution is -2.08. The van der Waals surface area contributed by atoms with Crippen LogP contribution in [0.1, 0.15) is 53.5 Å². The Kier molecular flexibility index (Phi) is 4.86. The number of hydrogen-bond donors (Lipinski definition) is 0. The zero-order valence-corrected chi connectivity index (χ0v) is 11.9. The Labute approximate surface area is 105 Å². The van der Waals surface area contributed by atoms with Crippen LogP contribution in [0, 0.1) is 27.7 Å². The van der Waals surface area contributed by atoms with Crippen molar-refractivity contribution in [3.8, 4) is 0 Å². The van der Waals surface area contributed by atoms with E-state index in [4.69, 9.17) is 11.6 Å². The van der Waals surface area contributed by atoms with Gasteiger partial charge in [-0.3, -0.25) is 0 Å². The third-order valence-electron chi connectivity index (χ3n) is 3.66. The van der Waals surface area contributed by atoms with E-state index >= 15 is 0 Å². The Balaban J connectivity index is 3.29. The molecule has 1 rings (SSSR count). The van der Waals surface area contributed by atoms with E-state index in [0.29, 0.717) is 5.92 Å². The van der Waals surface area contributed by atoms with Crippen molar-refractivity contribution < 1.29 is 0 Å².